The molecule has 1 aliphatic rings. The van der Waals surface area contributed by atoms with Gasteiger partial charge < -0.3 is 16.0 Å². The van der Waals surface area contributed by atoms with Crippen LogP contribution in [0.3, 0.4) is 0 Å². The fraction of sp³-hybridized carbons (Fsp3) is 0.188. The normalized spacial score (nSPS) is 16.6. The van der Waals surface area contributed by atoms with E-state index in [1.165, 1.54) is 0 Å². The number of para-hydroxylation sites is 2. The fourth-order valence-electron chi connectivity index (χ4n) is 2.32. The number of fused-ring (bicyclic) bond motifs is 1. The Morgan fingerprint density at radius 2 is 1.95 bits per heavy atom. The van der Waals surface area contributed by atoms with Crippen LogP contribution in [0, 0.1) is 6.92 Å². The number of amides is 1. The largest absolute Gasteiger partial charge is 0.381 e. The Labute approximate surface area is 118 Å². The molecule has 4 heteroatoms. The van der Waals surface area contributed by atoms with Crippen LogP contribution < -0.4 is 16.0 Å². The lowest BCUT2D eigenvalue weighted by Crippen LogP contribution is -2.42. The van der Waals surface area contributed by atoms with Gasteiger partial charge in [0.05, 0.1) is 11.4 Å². The van der Waals surface area contributed by atoms with Crippen molar-refractivity contribution in [3.63, 3.8) is 0 Å². The molecule has 1 atom stereocenters. The van der Waals surface area contributed by atoms with Crippen LogP contribution in [0.5, 0.6) is 0 Å². The number of hydrogen-bond donors (Lipinski definition) is 3. The van der Waals surface area contributed by atoms with Gasteiger partial charge in [-0.05, 0) is 36.8 Å². The first-order valence-corrected chi connectivity index (χ1v) is 6.69. The van der Waals surface area contributed by atoms with Crippen LogP contribution in [0.15, 0.2) is 48.5 Å². The van der Waals surface area contributed by atoms with Gasteiger partial charge in [0.1, 0.15) is 6.04 Å². The van der Waals surface area contributed by atoms with E-state index in [0.29, 0.717) is 6.54 Å². The van der Waals surface area contributed by atoms with Gasteiger partial charge in [0.25, 0.3) is 0 Å². The zero-order valence-electron chi connectivity index (χ0n) is 11.3. The van der Waals surface area contributed by atoms with Crippen molar-refractivity contribution in [2.45, 2.75) is 13.0 Å². The highest BCUT2D eigenvalue weighted by Crippen LogP contribution is 2.25. The Hall–Kier alpha value is -2.49. The van der Waals surface area contributed by atoms with Crippen LogP contribution >= 0.6 is 0 Å². The maximum atomic E-state index is 12.3. The van der Waals surface area contributed by atoms with Gasteiger partial charge >= 0.3 is 0 Å². The minimum Gasteiger partial charge on any atom is -0.381 e. The summed E-state index contributed by atoms with van der Waals surface area (Å²) in [4.78, 5) is 12.3. The van der Waals surface area contributed by atoms with Crippen molar-refractivity contribution in [1.82, 2.24) is 0 Å². The van der Waals surface area contributed by atoms with E-state index in [9.17, 15) is 4.79 Å². The van der Waals surface area contributed by atoms with Crippen molar-refractivity contribution in [2.75, 3.05) is 22.5 Å². The zero-order chi connectivity index (χ0) is 13.9. The summed E-state index contributed by atoms with van der Waals surface area (Å²) >= 11 is 0. The van der Waals surface area contributed by atoms with Gasteiger partial charge in [0.15, 0.2) is 0 Å². The monoisotopic (exact) mass is 267 g/mol. The Morgan fingerprint density at radius 3 is 2.75 bits per heavy atom. The molecule has 0 bridgehead atoms. The van der Waals surface area contributed by atoms with Crippen LogP contribution in [-0.2, 0) is 4.79 Å². The average Bonchev–Trinajstić information content (AvgIpc) is 2.47. The van der Waals surface area contributed by atoms with E-state index in [1.54, 1.807) is 0 Å². The van der Waals surface area contributed by atoms with Crippen molar-refractivity contribution >= 4 is 23.0 Å². The molecule has 2 aromatic rings. The molecular formula is C16H17N3O. The summed E-state index contributed by atoms with van der Waals surface area (Å²) in [5.41, 5.74) is 3.95. The van der Waals surface area contributed by atoms with Crippen molar-refractivity contribution in [3.8, 4) is 0 Å². The molecule has 1 heterocycles. The first-order valence-electron chi connectivity index (χ1n) is 6.69. The molecule has 1 unspecified atom stereocenters. The third-order valence-electron chi connectivity index (χ3n) is 3.36. The highest BCUT2D eigenvalue weighted by atomic mass is 16.2. The first kappa shape index (κ1) is 12.5. The van der Waals surface area contributed by atoms with E-state index in [-0.39, 0.29) is 11.9 Å². The third-order valence-corrected chi connectivity index (χ3v) is 3.36. The summed E-state index contributed by atoms with van der Waals surface area (Å²) in [6.45, 7) is 2.58. The number of anilines is 3. The molecule has 2 aromatic carbocycles. The van der Waals surface area contributed by atoms with Gasteiger partial charge in [-0.1, -0.05) is 24.3 Å². The molecule has 0 fully saturated rings. The van der Waals surface area contributed by atoms with Gasteiger partial charge in [-0.25, -0.2) is 0 Å². The highest BCUT2D eigenvalue weighted by Gasteiger charge is 2.23. The van der Waals surface area contributed by atoms with Crippen molar-refractivity contribution in [1.29, 1.82) is 0 Å². The summed E-state index contributed by atoms with van der Waals surface area (Å²) in [7, 11) is 0. The molecule has 0 saturated heterocycles. The molecule has 1 amide bonds. The van der Waals surface area contributed by atoms with E-state index in [4.69, 9.17) is 0 Å². The Bertz CT molecular complexity index is 639. The third kappa shape index (κ3) is 2.59. The minimum absolute atomic E-state index is 0.0300. The number of carbonyl (C=O) groups is 1. The SMILES string of the molecule is Cc1cccc(NC(=O)C2CNc3ccccc3N2)c1. The summed E-state index contributed by atoms with van der Waals surface area (Å²) in [5, 5.41) is 9.47. The van der Waals surface area contributed by atoms with Crippen LogP contribution in [0.1, 0.15) is 5.56 Å². The number of carbonyl (C=O) groups excluding carboxylic acids is 1. The number of aryl methyl sites for hydroxylation is 1. The molecule has 102 valence electrons. The second-order valence-corrected chi connectivity index (χ2v) is 4.98. The zero-order valence-corrected chi connectivity index (χ0v) is 11.3. The van der Waals surface area contributed by atoms with Crippen LogP contribution in [0.2, 0.25) is 0 Å². The summed E-state index contributed by atoms with van der Waals surface area (Å²) in [5.74, 6) is -0.0300. The summed E-state index contributed by atoms with van der Waals surface area (Å²) < 4.78 is 0. The first-order chi connectivity index (χ1) is 9.72. The number of hydrogen-bond acceptors (Lipinski definition) is 3. The molecule has 3 N–H and O–H groups in total. The Balaban J connectivity index is 1.70. The van der Waals surface area contributed by atoms with Crippen LogP contribution in [-0.4, -0.2) is 18.5 Å². The summed E-state index contributed by atoms with van der Waals surface area (Å²) in [6.07, 6.45) is 0. The maximum Gasteiger partial charge on any atom is 0.248 e. The quantitative estimate of drug-likeness (QED) is 0.784. The van der Waals surface area contributed by atoms with Crippen molar-refractivity contribution in [3.05, 3.63) is 54.1 Å². The molecule has 4 nitrogen and oxygen atoms in total. The number of benzene rings is 2. The standard InChI is InChI=1S/C16H17N3O/c1-11-5-4-6-12(9-11)18-16(20)15-10-17-13-7-2-3-8-14(13)19-15/h2-9,15,17,19H,10H2,1H3,(H,18,20). The van der Waals surface area contributed by atoms with E-state index in [1.807, 2.05) is 55.5 Å². The predicted molar refractivity (Wildman–Crippen MR) is 82.2 cm³/mol. The van der Waals surface area contributed by atoms with Gasteiger partial charge in [0.2, 0.25) is 5.91 Å². The highest BCUT2D eigenvalue weighted by molar-refractivity contribution is 5.98. The minimum atomic E-state index is -0.273. The van der Waals surface area contributed by atoms with Gasteiger partial charge in [-0.2, -0.15) is 0 Å². The van der Waals surface area contributed by atoms with Crippen LogP contribution in [0.4, 0.5) is 17.1 Å². The lowest BCUT2D eigenvalue weighted by molar-refractivity contribution is -0.116. The Morgan fingerprint density at radius 1 is 1.15 bits per heavy atom. The molecular weight excluding hydrogens is 250 g/mol. The molecule has 20 heavy (non-hydrogen) atoms. The van der Waals surface area contributed by atoms with Crippen molar-refractivity contribution < 1.29 is 4.79 Å². The second-order valence-electron chi connectivity index (χ2n) is 4.98. The van der Waals surface area contributed by atoms with E-state index in [0.717, 1.165) is 22.6 Å². The molecule has 0 radical (unpaired) electrons. The van der Waals surface area contributed by atoms with Gasteiger partial charge in [-0.3, -0.25) is 4.79 Å². The predicted octanol–water partition coefficient (Wildman–Crippen LogP) is 2.84. The topological polar surface area (TPSA) is 53.2 Å². The van der Waals surface area contributed by atoms with Crippen LogP contribution in [0.25, 0.3) is 0 Å². The number of rotatable bonds is 2. The van der Waals surface area contributed by atoms with Gasteiger partial charge in [-0.15, -0.1) is 0 Å². The molecule has 1 aliphatic heterocycles. The molecule has 3 rings (SSSR count). The lowest BCUT2D eigenvalue weighted by Gasteiger charge is -2.27. The second kappa shape index (κ2) is 5.25. The van der Waals surface area contributed by atoms with Gasteiger partial charge in [0, 0.05) is 12.2 Å². The summed E-state index contributed by atoms with van der Waals surface area (Å²) in [6, 6.07) is 15.4. The number of nitrogens with one attached hydrogen (secondary N) is 3. The van der Waals surface area contributed by atoms with E-state index >= 15 is 0 Å². The Kier molecular flexibility index (Phi) is 3.29. The molecule has 0 saturated carbocycles. The molecule has 0 spiro atoms. The smallest absolute Gasteiger partial charge is 0.248 e. The molecule has 0 aromatic heterocycles. The lowest BCUT2D eigenvalue weighted by atomic mass is 10.1. The average molecular weight is 267 g/mol. The van der Waals surface area contributed by atoms with Crippen molar-refractivity contribution in [2.24, 2.45) is 0 Å². The fourth-order valence-corrected chi connectivity index (χ4v) is 2.32. The van der Waals surface area contributed by atoms with E-state index in [2.05, 4.69) is 16.0 Å². The maximum absolute atomic E-state index is 12.3. The molecule has 0 aliphatic carbocycles. The van der Waals surface area contributed by atoms with E-state index < -0.39 is 0 Å².